The van der Waals surface area contributed by atoms with E-state index < -0.39 is 106 Å². The van der Waals surface area contributed by atoms with Gasteiger partial charge in [-0.3, -0.25) is 13.9 Å². The normalized spacial score (nSPS) is 34.9. The molecule has 1 aromatic rings. The molecule has 2 aliphatic rings. The summed E-state index contributed by atoms with van der Waals surface area (Å²) in [6.45, 7) is -1.05. The molecule has 0 saturated carbocycles. The van der Waals surface area contributed by atoms with Gasteiger partial charge in [0.05, 0.1) is 25.4 Å². The molecule has 0 aliphatic carbocycles. The van der Waals surface area contributed by atoms with Gasteiger partial charge >= 0.3 is 19.5 Å². The Balaban J connectivity index is 1.79. The van der Waals surface area contributed by atoms with E-state index in [2.05, 4.69) is 10.3 Å². The summed E-state index contributed by atoms with van der Waals surface area (Å²) in [7, 11) is -5.52. The van der Waals surface area contributed by atoms with E-state index in [0.717, 1.165) is 17.7 Å². The third kappa shape index (κ3) is 7.25. The van der Waals surface area contributed by atoms with Gasteiger partial charge in [-0.05, 0) is 6.07 Å². The number of carbonyl (C=O) groups is 2. The van der Waals surface area contributed by atoms with Crippen molar-refractivity contribution in [2.24, 2.45) is 0 Å². The van der Waals surface area contributed by atoms with Crippen LogP contribution < -0.4 is 16.7 Å². The summed E-state index contributed by atoms with van der Waals surface area (Å²) in [5.74, 6) is -6.20. The zero-order valence-corrected chi connectivity index (χ0v) is 22.1. The molecule has 0 bridgehead atoms. The molecule has 232 valence electrons. The predicted octanol–water partition coefficient (Wildman–Crippen LogP) is -5.27. The Labute approximate surface area is 230 Å². The van der Waals surface area contributed by atoms with Crippen LogP contribution in [-0.4, -0.2) is 130 Å². The molecule has 21 heteroatoms. The molecule has 1 unspecified atom stereocenters. The molecule has 11 N–H and O–H groups in total. The van der Waals surface area contributed by atoms with Crippen molar-refractivity contribution in [1.82, 2.24) is 14.9 Å². The number of hydrogen-bond acceptors (Lipinski definition) is 16. The number of aliphatic hydroxyl groups excluding tert-OH is 6. The highest BCUT2D eigenvalue weighted by molar-refractivity contribution is 7.47. The fraction of sp³-hybridized carbons (Fsp3) is 0.700. The molecule has 2 fully saturated rings. The predicted molar refractivity (Wildman–Crippen MR) is 128 cm³/mol. The van der Waals surface area contributed by atoms with Crippen LogP contribution in [0.3, 0.4) is 0 Å². The molecule has 2 aliphatic heterocycles. The molecule has 0 aromatic carbocycles. The Morgan fingerprint density at radius 1 is 1.32 bits per heavy atom. The van der Waals surface area contributed by atoms with Crippen molar-refractivity contribution < 1.29 is 73.3 Å². The van der Waals surface area contributed by atoms with Crippen molar-refractivity contribution in [3.63, 3.8) is 0 Å². The number of ether oxygens (including phenoxy) is 2. The van der Waals surface area contributed by atoms with E-state index in [1.807, 2.05) is 0 Å². The molecular weight excluding hydrogens is 583 g/mol. The largest absolute Gasteiger partial charge is 0.477 e. The lowest BCUT2D eigenvalue weighted by Crippen LogP contribution is -2.67. The number of carbonyl (C=O) groups excluding carboxylic acids is 1. The van der Waals surface area contributed by atoms with Crippen molar-refractivity contribution in [3.05, 3.63) is 22.7 Å². The minimum Gasteiger partial charge on any atom is -0.477 e. The van der Waals surface area contributed by atoms with E-state index in [-0.39, 0.29) is 5.82 Å². The average Bonchev–Trinajstić information content (AvgIpc) is 3.16. The highest BCUT2D eigenvalue weighted by atomic mass is 31.2. The number of hydrogen-bond donors (Lipinski definition) is 10. The summed E-state index contributed by atoms with van der Waals surface area (Å²) < 4.78 is 33.7. The third-order valence-corrected chi connectivity index (χ3v) is 7.32. The molecule has 20 nitrogen and oxygen atoms in total. The van der Waals surface area contributed by atoms with Gasteiger partial charge in [-0.2, -0.15) is 4.98 Å². The maximum absolute atomic E-state index is 12.8. The van der Waals surface area contributed by atoms with Crippen LogP contribution in [0, 0.1) is 0 Å². The minimum atomic E-state index is -5.52. The first kappa shape index (κ1) is 32.9. The van der Waals surface area contributed by atoms with Gasteiger partial charge < -0.3 is 61.2 Å². The molecule has 1 aromatic heterocycles. The maximum atomic E-state index is 12.8. The van der Waals surface area contributed by atoms with E-state index in [9.17, 15) is 59.6 Å². The Morgan fingerprint density at radius 2 is 1.98 bits per heavy atom. The van der Waals surface area contributed by atoms with Crippen LogP contribution in [0.5, 0.6) is 0 Å². The van der Waals surface area contributed by atoms with E-state index in [4.69, 9.17) is 24.3 Å². The number of aliphatic hydroxyl groups is 6. The number of carboxylic acid groups (broad SMARTS) is 1. The lowest BCUT2D eigenvalue weighted by Gasteiger charge is -2.46. The van der Waals surface area contributed by atoms with Gasteiger partial charge in [0.25, 0.3) is 5.79 Å². The SMILES string of the molecule is CC(=O)N[C@H]1[C@H]([C@H](O)[C@H](O)CO)O[C@](OP(=O)(O)OC[C@@H]2O[C@@H](n3ccc(N)nc3=O)[C@H](O)[C@@H]2O)(C(=O)O)C[C@@H]1O. The number of aliphatic carboxylic acids is 1. The molecular formula is C20H31N4O16P. The van der Waals surface area contributed by atoms with Crippen molar-refractivity contribution in [2.45, 2.75) is 74.1 Å². The van der Waals surface area contributed by atoms with E-state index in [1.54, 1.807) is 0 Å². The number of phosphoric acid groups is 1. The molecule has 3 rings (SSSR count). The average molecular weight is 614 g/mol. The zero-order valence-electron chi connectivity index (χ0n) is 21.2. The Hall–Kier alpha value is -2.59. The number of rotatable bonds is 11. The number of nitrogens with two attached hydrogens (primary N) is 1. The molecule has 0 spiro atoms. The second kappa shape index (κ2) is 12.7. The van der Waals surface area contributed by atoms with E-state index in [1.165, 1.54) is 6.07 Å². The second-order valence-corrected chi connectivity index (χ2v) is 10.7. The summed E-state index contributed by atoms with van der Waals surface area (Å²) in [6, 6.07) is -0.362. The Morgan fingerprint density at radius 3 is 2.54 bits per heavy atom. The van der Waals surface area contributed by atoms with Gasteiger partial charge in [-0.15, -0.1) is 0 Å². The fourth-order valence-electron chi connectivity index (χ4n) is 4.32. The number of amides is 1. The maximum Gasteiger partial charge on any atom is 0.475 e. The number of nitrogen functional groups attached to an aromatic ring is 1. The number of carboxylic acids is 1. The highest BCUT2D eigenvalue weighted by Crippen LogP contribution is 2.51. The van der Waals surface area contributed by atoms with Crippen molar-refractivity contribution >= 4 is 25.5 Å². The van der Waals surface area contributed by atoms with Gasteiger partial charge in [-0.25, -0.2) is 18.7 Å². The molecule has 41 heavy (non-hydrogen) atoms. The van der Waals surface area contributed by atoms with E-state index in [0.29, 0.717) is 0 Å². The first-order valence-electron chi connectivity index (χ1n) is 11.9. The highest BCUT2D eigenvalue weighted by Gasteiger charge is 2.59. The fourth-order valence-corrected chi connectivity index (χ4v) is 5.27. The van der Waals surface area contributed by atoms with Gasteiger partial charge in [0.2, 0.25) is 5.91 Å². The molecule has 11 atom stereocenters. The van der Waals surface area contributed by atoms with Crippen molar-refractivity contribution in [2.75, 3.05) is 18.9 Å². The molecule has 3 heterocycles. The van der Waals surface area contributed by atoms with Gasteiger partial charge in [0.15, 0.2) is 6.23 Å². The third-order valence-electron chi connectivity index (χ3n) is 6.31. The number of nitrogens with one attached hydrogen (secondary N) is 1. The topological polar surface area (TPSA) is 323 Å². The van der Waals surface area contributed by atoms with Crippen LogP contribution in [-0.2, 0) is 32.7 Å². The molecule has 1 amide bonds. The van der Waals surface area contributed by atoms with Crippen LogP contribution in [0.1, 0.15) is 19.6 Å². The van der Waals surface area contributed by atoms with Crippen LogP contribution in [0.25, 0.3) is 0 Å². The number of anilines is 1. The lowest BCUT2D eigenvalue weighted by molar-refractivity contribution is -0.289. The van der Waals surface area contributed by atoms with Crippen molar-refractivity contribution in [1.29, 1.82) is 0 Å². The molecule has 2 saturated heterocycles. The smallest absolute Gasteiger partial charge is 0.475 e. The van der Waals surface area contributed by atoms with Gasteiger partial charge in [0, 0.05) is 19.5 Å². The van der Waals surface area contributed by atoms with Gasteiger partial charge in [0.1, 0.15) is 42.4 Å². The zero-order chi connectivity index (χ0) is 30.9. The number of aromatic nitrogens is 2. The van der Waals surface area contributed by atoms with Crippen LogP contribution in [0.4, 0.5) is 5.82 Å². The summed E-state index contributed by atoms with van der Waals surface area (Å²) in [4.78, 5) is 49.6. The quantitative estimate of drug-likeness (QED) is 0.104. The monoisotopic (exact) mass is 614 g/mol. The van der Waals surface area contributed by atoms with Crippen LogP contribution in [0.15, 0.2) is 17.1 Å². The first-order valence-corrected chi connectivity index (χ1v) is 13.4. The summed E-state index contributed by atoms with van der Waals surface area (Å²) in [5.41, 5.74) is 4.46. The first-order chi connectivity index (χ1) is 19.0. The number of nitrogens with zero attached hydrogens (tertiary/aromatic N) is 2. The summed E-state index contributed by atoms with van der Waals surface area (Å²) >= 11 is 0. The lowest BCUT2D eigenvalue weighted by atomic mass is 9.88. The number of phosphoric ester groups is 1. The van der Waals surface area contributed by atoms with Gasteiger partial charge in [-0.1, -0.05) is 0 Å². The Kier molecular flexibility index (Phi) is 10.2. The van der Waals surface area contributed by atoms with Crippen LogP contribution >= 0.6 is 7.82 Å². The molecule has 0 radical (unpaired) electrons. The minimum absolute atomic E-state index is 0.135. The second-order valence-electron chi connectivity index (χ2n) is 9.32. The summed E-state index contributed by atoms with van der Waals surface area (Å²) in [6.07, 6.45) is -14.6. The van der Waals surface area contributed by atoms with Crippen LogP contribution in [0.2, 0.25) is 0 Å². The standard InChI is InChI=1S/C20H31N4O16P/c1-7(26)22-12-8(27)4-20(18(32)33,39-16(12)13(29)9(28)5-25)40-41(35,36)37-6-10-14(30)15(31)17(38-10)24-3-2-11(21)23-19(24)34/h2-3,8-10,12-17,25,27-31H,4-6H2,1H3,(H,22,26)(H,32,33)(H,35,36)(H2,21,23,34)/t8-,9+,10-,12+,13+,14+,15+,16+,17+,20+/m0/s1. The van der Waals surface area contributed by atoms with E-state index >= 15 is 0 Å². The Bertz CT molecular complexity index is 1220. The van der Waals surface area contributed by atoms with Crippen molar-refractivity contribution in [3.8, 4) is 0 Å². The summed E-state index contributed by atoms with van der Waals surface area (Å²) in [5, 5.41) is 72.7.